The minimum absolute atomic E-state index is 0.00526. The fourth-order valence-corrected chi connectivity index (χ4v) is 1.43. The van der Waals surface area contributed by atoms with Gasteiger partial charge in [-0.3, -0.25) is 10.1 Å². The van der Waals surface area contributed by atoms with Crippen molar-refractivity contribution in [2.45, 2.75) is 19.8 Å². The van der Waals surface area contributed by atoms with E-state index in [4.69, 9.17) is 5.73 Å². The lowest BCUT2D eigenvalue weighted by atomic mass is 10.1. The smallest absolute Gasteiger partial charge is 0.409 e. The summed E-state index contributed by atoms with van der Waals surface area (Å²) in [5.74, 6) is -1.06. The number of nitro groups is 1. The number of primary amides is 1. The lowest BCUT2D eigenvalue weighted by Gasteiger charge is -2.06. The molecule has 17 heavy (non-hydrogen) atoms. The van der Waals surface area contributed by atoms with Crippen LogP contribution >= 0.6 is 0 Å². The van der Waals surface area contributed by atoms with Crippen LogP contribution < -0.4 is 10.5 Å². The van der Waals surface area contributed by atoms with Gasteiger partial charge in [-0.05, 0) is 6.42 Å². The van der Waals surface area contributed by atoms with E-state index in [2.05, 4.69) is 4.74 Å². The molecule has 0 aliphatic rings. The SMILES string of the molecule is CCCc1c(F)cc(OC(N)=O)cc1[N+](=O)[O-]. The summed E-state index contributed by atoms with van der Waals surface area (Å²) in [7, 11) is 0. The van der Waals surface area contributed by atoms with E-state index in [0.29, 0.717) is 6.42 Å². The van der Waals surface area contributed by atoms with Crippen LogP contribution in [0.25, 0.3) is 0 Å². The topological polar surface area (TPSA) is 95.5 Å². The molecule has 0 atom stereocenters. The van der Waals surface area contributed by atoms with Crippen molar-refractivity contribution in [3.8, 4) is 5.75 Å². The van der Waals surface area contributed by atoms with Crippen molar-refractivity contribution in [3.63, 3.8) is 0 Å². The van der Waals surface area contributed by atoms with Gasteiger partial charge in [-0.1, -0.05) is 13.3 Å². The Labute approximate surface area is 96.3 Å². The molecule has 0 unspecified atom stereocenters. The highest BCUT2D eigenvalue weighted by molar-refractivity contribution is 5.68. The van der Waals surface area contributed by atoms with Crippen LogP contribution in [0, 0.1) is 15.9 Å². The number of carbonyl (C=O) groups excluding carboxylic acids is 1. The summed E-state index contributed by atoms with van der Waals surface area (Å²) in [6.45, 7) is 1.77. The highest BCUT2D eigenvalue weighted by Gasteiger charge is 2.20. The molecule has 0 bridgehead atoms. The fraction of sp³-hybridized carbons (Fsp3) is 0.300. The zero-order valence-corrected chi connectivity index (χ0v) is 9.10. The van der Waals surface area contributed by atoms with Gasteiger partial charge < -0.3 is 10.5 Å². The van der Waals surface area contributed by atoms with E-state index >= 15 is 0 Å². The molecule has 6 nitrogen and oxygen atoms in total. The van der Waals surface area contributed by atoms with Gasteiger partial charge >= 0.3 is 6.09 Å². The minimum atomic E-state index is -1.15. The largest absolute Gasteiger partial charge is 0.410 e. The maximum atomic E-state index is 13.6. The molecule has 0 heterocycles. The Morgan fingerprint density at radius 3 is 2.71 bits per heavy atom. The van der Waals surface area contributed by atoms with Gasteiger partial charge in [-0.15, -0.1) is 0 Å². The second-order valence-corrected chi connectivity index (χ2v) is 3.33. The van der Waals surface area contributed by atoms with Crippen LogP contribution in [0.4, 0.5) is 14.9 Å². The summed E-state index contributed by atoms with van der Waals surface area (Å²) in [4.78, 5) is 20.5. The number of ether oxygens (including phenoxy) is 1. The number of hydrogen-bond acceptors (Lipinski definition) is 4. The second kappa shape index (κ2) is 5.24. The molecule has 1 rings (SSSR count). The van der Waals surface area contributed by atoms with E-state index in [1.165, 1.54) is 0 Å². The number of benzene rings is 1. The van der Waals surface area contributed by atoms with Crippen LogP contribution in [-0.4, -0.2) is 11.0 Å². The minimum Gasteiger partial charge on any atom is -0.410 e. The molecular weight excluding hydrogens is 231 g/mol. The Kier molecular flexibility index (Phi) is 3.97. The lowest BCUT2D eigenvalue weighted by molar-refractivity contribution is -0.385. The highest BCUT2D eigenvalue weighted by Crippen LogP contribution is 2.28. The van der Waals surface area contributed by atoms with Crippen molar-refractivity contribution in [3.05, 3.63) is 33.6 Å². The van der Waals surface area contributed by atoms with E-state index in [0.717, 1.165) is 12.1 Å². The van der Waals surface area contributed by atoms with Gasteiger partial charge in [0.2, 0.25) is 0 Å². The van der Waals surface area contributed by atoms with Crippen molar-refractivity contribution in [2.24, 2.45) is 5.73 Å². The van der Waals surface area contributed by atoms with Crippen molar-refractivity contribution in [2.75, 3.05) is 0 Å². The van der Waals surface area contributed by atoms with Crippen molar-refractivity contribution in [1.82, 2.24) is 0 Å². The van der Waals surface area contributed by atoms with Crippen LogP contribution in [0.5, 0.6) is 5.75 Å². The molecule has 0 fully saturated rings. The summed E-state index contributed by atoms with van der Waals surface area (Å²) >= 11 is 0. The first-order valence-electron chi connectivity index (χ1n) is 4.89. The Hall–Kier alpha value is -2.18. The third-order valence-electron chi connectivity index (χ3n) is 2.06. The molecule has 0 saturated carbocycles. The maximum Gasteiger partial charge on any atom is 0.409 e. The maximum absolute atomic E-state index is 13.6. The average molecular weight is 242 g/mol. The van der Waals surface area contributed by atoms with Crippen LogP contribution in [0.2, 0.25) is 0 Å². The number of hydrogen-bond donors (Lipinski definition) is 1. The van der Waals surface area contributed by atoms with Gasteiger partial charge in [-0.25, -0.2) is 9.18 Å². The number of nitrogens with two attached hydrogens (primary N) is 1. The summed E-state index contributed by atoms with van der Waals surface area (Å²) < 4.78 is 18.0. The van der Waals surface area contributed by atoms with E-state index in [1.54, 1.807) is 6.92 Å². The molecule has 7 heteroatoms. The summed E-state index contributed by atoms with van der Waals surface area (Å²) in [6, 6.07) is 1.89. The second-order valence-electron chi connectivity index (χ2n) is 3.33. The molecule has 1 aromatic rings. The van der Waals surface area contributed by atoms with Gasteiger partial charge in [0.25, 0.3) is 5.69 Å². The normalized spacial score (nSPS) is 10.0. The monoisotopic (exact) mass is 242 g/mol. The zero-order valence-electron chi connectivity index (χ0n) is 9.10. The van der Waals surface area contributed by atoms with Crippen LogP contribution in [0.15, 0.2) is 12.1 Å². The van der Waals surface area contributed by atoms with E-state index in [1.807, 2.05) is 0 Å². The molecule has 92 valence electrons. The molecule has 0 radical (unpaired) electrons. The Morgan fingerprint density at radius 2 is 2.24 bits per heavy atom. The molecule has 0 spiro atoms. The molecule has 0 saturated heterocycles. The molecule has 1 amide bonds. The molecule has 0 aliphatic carbocycles. The zero-order chi connectivity index (χ0) is 13.0. The standard InChI is InChI=1S/C10H11FN2O4/c1-2-3-7-8(11)4-6(17-10(12)14)5-9(7)13(15)16/h4-5H,2-3H2,1H3,(H2,12,14). The number of nitro benzene ring substituents is 1. The Morgan fingerprint density at radius 1 is 1.59 bits per heavy atom. The molecule has 2 N–H and O–H groups in total. The quantitative estimate of drug-likeness (QED) is 0.646. The molecule has 0 aliphatic heterocycles. The fourth-order valence-electron chi connectivity index (χ4n) is 1.43. The number of halogens is 1. The van der Waals surface area contributed by atoms with E-state index in [-0.39, 0.29) is 17.7 Å². The summed E-state index contributed by atoms with van der Waals surface area (Å²) in [5, 5.41) is 10.8. The van der Waals surface area contributed by atoms with Crippen LogP contribution in [-0.2, 0) is 6.42 Å². The summed E-state index contributed by atoms with van der Waals surface area (Å²) in [5.41, 5.74) is 4.32. The number of rotatable bonds is 4. The third-order valence-corrected chi connectivity index (χ3v) is 2.06. The van der Waals surface area contributed by atoms with Gasteiger partial charge in [0.15, 0.2) is 0 Å². The Balaban J connectivity index is 3.25. The van der Waals surface area contributed by atoms with Gasteiger partial charge in [0, 0.05) is 6.07 Å². The third kappa shape index (κ3) is 3.13. The van der Waals surface area contributed by atoms with Crippen LogP contribution in [0.3, 0.4) is 0 Å². The summed E-state index contributed by atoms with van der Waals surface area (Å²) in [6.07, 6.45) is -0.353. The highest BCUT2D eigenvalue weighted by atomic mass is 19.1. The van der Waals surface area contributed by atoms with Gasteiger partial charge in [0.05, 0.1) is 16.6 Å². The predicted octanol–water partition coefficient (Wildman–Crippen LogP) is 2.14. The van der Waals surface area contributed by atoms with Gasteiger partial charge in [0.1, 0.15) is 11.6 Å². The Bertz CT molecular complexity index is 462. The average Bonchev–Trinajstić information content (AvgIpc) is 2.20. The van der Waals surface area contributed by atoms with Crippen LogP contribution in [0.1, 0.15) is 18.9 Å². The molecular formula is C10H11FN2O4. The van der Waals surface area contributed by atoms with E-state index < -0.39 is 22.5 Å². The first-order valence-corrected chi connectivity index (χ1v) is 4.89. The predicted molar refractivity (Wildman–Crippen MR) is 57.3 cm³/mol. The molecule has 0 aromatic heterocycles. The van der Waals surface area contributed by atoms with Crippen molar-refractivity contribution in [1.29, 1.82) is 0 Å². The first kappa shape index (κ1) is 12.9. The molecule has 1 aromatic carbocycles. The van der Waals surface area contributed by atoms with Crippen molar-refractivity contribution >= 4 is 11.8 Å². The lowest BCUT2D eigenvalue weighted by Crippen LogP contribution is -2.16. The first-order chi connectivity index (χ1) is 7.95. The van der Waals surface area contributed by atoms with Crippen molar-refractivity contribution < 1.29 is 18.8 Å². The van der Waals surface area contributed by atoms with Gasteiger partial charge in [-0.2, -0.15) is 0 Å². The number of nitrogens with zero attached hydrogens (tertiary/aromatic N) is 1. The number of amides is 1. The number of carbonyl (C=O) groups is 1. The van der Waals surface area contributed by atoms with E-state index in [9.17, 15) is 19.3 Å².